The predicted octanol–water partition coefficient (Wildman–Crippen LogP) is 3.69. The molecule has 0 bridgehead atoms. The van der Waals surface area contributed by atoms with E-state index in [9.17, 15) is 0 Å². The number of ether oxygens (including phenoxy) is 1. The quantitative estimate of drug-likeness (QED) is 0.690. The standard InChI is InChI=1S/C15H16ClN3O2/c1-9-6-12(21-18-9)8-19-14-5-4-11(20-3)7-13(14)17-15(19)10(2)16/h4-7,10H,8H2,1-3H3. The fourth-order valence-corrected chi connectivity index (χ4v) is 2.54. The van der Waals surface area contributed by atoms with Crippen LogP contribution in [0.5, 0.6) is 5.75 Å². The predicted molar refractivity (Wildman–Crippen MR) is 80.9 cm³/mol. The van der Waals surface area contributed by atoms with Crippen LogP contribution in [0.1, 0.15) is 29.6 Å². The zero-order chi connectivity index (χ0) is 15.0. The van der Waals surface area contributed by atoms with Gasteiger partial charge >= 0.3 is 0 Å². The van der Waals surface area contributed by atoms with Gasteiger partial charge in [0.05, 0.1) is 35.8 Å². The molecule has 0 radical (unpaired) electrons. The third kappa shape index (κ3) is 2.61. The summed E-state index contributed by atoms with van der Waals surface area (Å²) in [6.07, 6.45) is 0. The van der Waals surface area contributed by atoms with Gasteiger partial charge in [-0.2, -0.15) is 0 Å². The van der Waals surface area contributed by atoms with Crippen LogP contribution < -0.4 is 4.74 Å². The van der Waals surface area contributed by atoms with E-state index in [1.54, 1.807) is 7.11 Å². The molecule has 21 heavy (non-hydrogen) atoms. The summed E-state index contributed by atoms with van der Waals surface area (Å²) >= 11 is 6.26. The maximum absolute atomic E-state index is 6.26. The molecule has 5 nitrogen and oxygen atoms in total. The molecule has 0 aliphatic heterocycles. The Bertz CT molecular complexity index is 776. The lowest BCUT2D eigenvalue weighted by Gasteiger charge is -2.08. The summed E-state index contributed by atoms with van der Waals surface area (Å²) < 4.78 is 12.6. The number of imidazole rings is 1. The highest BCUT2D eigenvalue weighted by Crippen LogP contribution is 2.28. The minimum absolute atomic E-state index is 0.201. The summed E-state index contributed by atoms with van der Waals surface area (Å²) in [6, 6.07) is 7.71. The Morgan fingerprint density at radius 1 is 1.38 bits per heavy atom. The van der Waals surface area contributed by atoms with Gasteiger partial charge in [-0.3, -0.25) is 0 Å². The lowest BCUT2D eigenvalue weighted by Crippen LogP contribution is -2.05. The second-order valence-electron chi connectivity index (χ2n) is 4.96. The number of rotatable bonds is 4. The van der Waals surface area contributed by atoms with Crippen molar-refractivity contribution < 1.29 is 9.26 Å². The van der Waals surface area contributed by atoms with Gasteiger partial charge in [0.25, 0.3) is 0 Å². The Kier molecular flexibility index (Phi) is 3.59. The van der Waals surface area contributed by atoms with Crippen LogP contribution in [0.25, 0.3) is 11.0 Å². The van der Waals surface area contributed by atoms with Gasteiger partial charge in [-0.15, -0.1) is 11.6 Å². The van der Waals surface area contributed by atoms with Crippen molar-refractivity contribution in [1.29, 1.82) is 0 Å². The number of halogens is 1. The highest BCUT2D eigenvalue weighted by Gasteiger charge is 2.17. The summed E-state index contributed by atoms with van der Waals surface area (Å²) in [7, 11) is 1.64. The Labute approximate surface area is 127 Å². The maximum Gasteiger partial charge on any atom is 0.156 e. The van der Waals surface area contributed by atoms with E-state index in [4.69, 9.17) is 20.9 Å². The molecule has 110 valence electrons. The topological polar surface area (TPSA) is 53.1 Å². The molecule has 0 aliphatic rings. The van der Waals surface area contributed by atoms with E-state index in [1.165, 1.54) is 0 Å². The molecule has 3 aromatic rings. The van der Waals surface area contributed by atoms with E-state index >= 15 is 0 Å². The van der Waals surface area contributed by atoms with Crippen molar-refractivity contribution in [2.45, 2.75) is 25.8 Å². The molecule has 0 amide bonds. The fourth-order valence-electron chi connectivity index (χ4n) is 2.37. The number of nitrogens with zero attached hydrogens (tertiary/aromatic N) is 3. The zero-order valence-corrected chi connectivity index (χ0v) is 12.9. The SMILES string of the molecule is COc1ccc2c(c1)nc(C(C)Cl)n2Cc1cc(C)no1. The minimum atomic E-state index is -0.201. The molecule has 2 aromatic heterocycles. The van der Waals surface area contributed by atoms with Crippen LogP contribution in [-0.4, -0.2) is 21.8 Å². The van der Waals surface area contributed by atoms with E-state index in [1.807, 2.05) is 42.7 Å². The van der Waals surface area contributed by atoms with Gasteiger partial charge in [0.15, 0.2) is 5.76 Å². The van der Waals surface area contributed by atoms with Gasteiger partial charge in [0.2, 0.25) is 0 Å². The van der Waals surface area contributed by atoms with E-state index in [-0.39, 0.29) is 5.38 Å². The molecule has 0 aliphatic carbocycles. The molecule has 0 saturated carbocycles. The Balaban J connectivity index is 2.11. The maximum atomic E-state index is 6.26. The average Bonchev–Trinajstić information content (AvgIpc) is 3.03. The number of aromatic nitrogens is 3. The molecule has 0 fully saturated rings. The molecule has 3 rings (SSSR count). The molecular formula is C15H16ClN3O2. The molecule has 0 saturated heterocycles. The molecule has 2 heterocycles. The number of aryl methyl sites for hydroxylation is 1. The summed E-state index contributed by atoms with van der Waals surface area (Å²) in [4.78, 5) is 4.61. The first kappa shape index (κ1) is 13.9. The Morgan fingerprint density at radius 3 is 2.81 bits per heavy atom. The number of alkyl halides is 1. The van der Waals surface area contributed by atoms with Crippen molar-refractivity contribution in [2.75, 3.05) is 7.11 Å². The summed E-state index contributed by atoms with van der Waals surface area (Å²) in [6.45, 7) is 4.35. The molecular weight excluding hydrogens is 290 g/mol. The van der Waals surface area contributed by atoms with E-state index in [0.29, 0.717) is 6.54 Å². The third-order valence-corrected chi connectivity index (χ3v) is 3.53. The first-order valence-corrected chi connectivity index (χ1v) is 7.12. The van der Waals surface area contributed by atoms with Crippen molar-refractivity contribution in [3.05, 3.63) is 41.5 Å². The number of hydrogen-bond acceptors (Lipinski definition) is 4. The first-order valence-electron chi connectivity index (χ1n) is 6.69. The van der Waals surface area contributed by atoms with Crippen LogP contribution in [0.2, 0.25) is 0 Å². The van der Waals surface area contributed by atoms with E-state index in [0.717, 1.165) is 34.1 Å². The monoisotopic (exact) mass is 305 g/mol. The van der Waals surface area contributed by atoms with Crippen LogP contribution in [0, 0.1) is 6.92 Å². The van der Waals surface area contributed by atoms with Crippen LogP contribution in [0.3, 0.4) is 0 Å². The molecule has 1 unspecified atom stereocenters. The van der Waals surface area contributed by atoms with Crippen LogP contribution in [-0.2, 0) is 6.54 Å². The second-order valence-corrected chi connectivity index (χ2v) is 5.62. The van der Waals surface area contributed by atoms with Crippen molar-refractivity contribution in [1.82, 2.24) is 14.7 Å². The highest BCUT2D eigenvalue weighted by molar-refractivity contribution is 6.20. The molecule has 1 aromatic carbocycles. The first-order chi connectivity index (χ1) is 10.1. The zero-order valence-electron chi connectivity index (χ0n) is 12.1. The smallest absolute Gasteiger partial charge is 0.156 e. The summed E-state index contributed by atoms with van der Waals surface area (Å²) in [5.74, 6) is 2.35. The van der Waals surface area contributed by atoms with E-state index < -0.39 is 0 Å². The minimum Gasteiger partial charge on any atom is -0.497 e. The van der Waals surface area contributed by atoms with Crippen LogP contribution in [0.15, 0.2) is 28.8 Å². The normalized spacial score (nSPS) is 12.8. The number of hydrogen-bond donors (Lipinski definition) is 0. The fraction of sp³-hybridized carbons (Fsp3) is 0.333. The van der Waals surface area contributed by atoms with Gasteiger partial charge in [-0.1, -0.05) is 5.16 Å². The Morgan fingerprint density at radius 2 is 2.19 bits per heavy atom. The van der Waals surface area contributed by atoms with Crippen molar-refractivity contribution in [3.63, 3.8) is 0 Å². The van der Waals surface area contributed by atoms with Crippen molar-refractivity contribution in [3.8, 4) is 5.75 Å². The molecule has 6 heteroatoms. The Hall–Kier alpha value is -2.01. The number of benzene rings is 1. The largest absolute Gasteiger partial charge is 0.497 e. The second kappa shape index (κ2) is 5.41. The molecule has 0 N–H and O–H groups in total. The van der Waals surface area contributed by atoms with Gasteiger partial charge in [-0.25, -0.2) is 4.98 Å². The molecule has 1 atom stereocenters. The van der Waals surface area contributed by atoms with E-state index in [2.05, 4.69) is 10.1 Å². The lowest BCUT2D eigenvalue weighted by atomic mass is 10.3. The van der Waals surface area contributed by atoms with Gasteiger partial charge in [0, 0.05) is 12.1 Å². The van der Waals surface area contributed by atoms with Gasteiger partial charge < -0.3 is 13.8 Å². The molecule has 0 spiro atoms. The third-order valence-electron chi connectivity index (χ3n) is 3.33. The van der Waals surface area contributed by atoms with Gasteiger partial charge in [0.1, 0.15) is 11.6 Å². The van der Waals surface area contributed by atoms with Gasteiger partial charge in [-0.05, 0) is 26.0 Å². The summed E-state index contributed by atoms with van der Waals surface area (Å²) in [5, 5.41) is 3.72. The number of methoxy groups -OCH3 is 1. The summed E-state index contributed by atoms with van der Waals surface area (Å²) in [5.41, 5.74) is 2.71. The van der Waals surface area contributed by atoms with Crippen LogP contribution in [0.4, 0.5) is 0 Å². The average molecular weight is 306 g/mol. The lowest BCUT2D eigenvalue weighted by molar-refractivity contribution is 0.372. The van der Waals surface area contributed by atoms with Crippen LogP contribution >= 0.6 is 11.6 Å². The highest BCUT2D eigenvalue weighted by atomic mass is 35.5. The van der Waals surface area contributed by atoms with Crippen molar-refractivity contribution >= 4 is 22.6 Å². The number of fused-ring (bicyclic) bond motifs is 1. The van der Waals surface area contributed by atoms with Crippen molar-refractivity contribution in [2.24, 2.45) is 0 Å².